The third-order valence-electron chi connectivity index (χ3n) is 4.88. The monoisotopic (exact) mass is 432 g/mol. The van der Waals surface area contributed by atoms with Crippen LogP contribution < -0.4 is 4.74 Å². The molecule has 32 heavy (non-hydrogen) atoms. The molecule has 0 aliphatic carbocycles. The molecule has 0 saturated carbocycles. The van der Waals surface area contributed by atoms with Gasteiger partial charge in [0.25, 0.3) is 0 Å². The van der Waals surface area contributed by atoms with Crippen LogP contribution in [0, 0.1) is 29.3 Å². The van der Waals surface area contributed by atoms with Gasteiger partial charge < -0.3 is 4.74 Å². The van der Waals surface area contributed by atoms with E-state index in [2.05, 4.69) is 21.8 Å². The first kappa shape index (κ1) is 21.4. The topological polar surface area (TPSA) is 35.0 Å². The Kier molecular flexibility index (Phi) is 6.37. The number of halogens is 3. The van der Waals surface area contributed by atoms with Crippen LogP contribution >= 0.6 is 0 Å². The number of ether oxygens (including phenoxy) is 1. The van der Waals surface area contributed by atoms with Crippen molar-refractivity contribution in [1.29, 1.82) is 0 Å². The molecule has 1 heterocycles. The molecule has 4 aromatic rings. The lowest BCUT2D eigenvalue weighted by Gasteiger charge is -2.04. The molecule has 4 rings (SSSR count). The summed E-state index contributed by atoms with van der Waals surface area (Å²) in [6.07, 6.45) is 4.42. The first-order valence-corrected chi connectivity index (χ1v) is 10.1. The first-order chi connectivity index (χ1) is 15.5. The van der Waals surface area contributed by atoms with Crippen LogP contribution in [0.4, 0.5) is 13.2 Å². The second kappa shape index (κ2) is 9.52. The lowest BCUT2D eigenvalue weighted by atomic mass is 10.0. The van der Waals surface area contributed by atoms with Gasteiger partial charge in [-0.1, -0.05) is 24.0 Å². The Labute approximate surface area is 183 Å². The summed E-state index contributed by atoms with van der Waals surface area (Å²) in [4.78, 5) is 8.50. The van der Waals surface area contributed by atoms with Crippen molar-refractivity contribution in [3.8, 4) is 17.6 Å². The van der Waals surface area contributed by atoms with E-state index in [1.54, 1.807) is 36.7 Å². The largest absolute Gasteiger partial charge is 0.491 e. The summed E-state index contributed by atoms with van der Waals surface area (Å²) in [7, 11) is 0. The predicted octanol–water partition coefficient (Wildman–Crippen LogP) is 5.63. The van der Waals surface area contributed by atoms with Crippen LogP contribution in [-0.2, 0) is 12.8 Å². The van der Waals surface area contributed by atoms with Gasteiger partial charge >= 0.3 is 0 Å². The number of hydrogen-bond donors (Lipinski definition) is 0. The first-order valence-electron chi connectivity index (χ1n) is 10.1. The van der Waals surface area contributed by atoms with E-state index in [9.17, 15) is 13.2 Å². The highest BCUT2D eigenvalue weighted by atomic mass is 19.2. The number of aromatic nitrogens is 2. The zero-order valence-corrected chi connectivity index (χ0v) is 17.3. The molecule has 6 heteroatoms. The number of nitrogens with zero attached hydrogens (tertiary/aromatic N) is 2. The second-order valence-electron chi connectivity index (χ2n) is 7.16. The third kappa shape index (κ3) is 5.06. The van der Waals surface area contributed by atoms with E-state index >= 15 is 0 Å². The Morgan fingerprint density at radius 2 is 1.53 bits per heavy atom. The minimum absolute atomic E-state index is 0.261. The Morgan fingerprint density at radius 1 is 0.781 bits per heavy atom. The number of fused-ring (bicyclic) bond motifs is 1. The zero-order valence-electron chi connectivity index (χ0n) is 17.3. The third-order valence-corrected chi connectivity index (χ3v) is 4.88. The summed E-state index contributed by atoms with van der Waals surface area (Å²) < 4.78 is 46.6. The van der Waals surface area contributed by atoms with E-state index in [0.717, 1.165) is 17.7 Å². The molecule has 3 aromatic carbocycles. The molecular formula is C26H19F3N2O. The minimum atomic E-state index is -0.917. The normalized spacial score (nSPS) is 10.6. The number of hydrogen-bond acceptors (Lipinski definition) is 3. The fourth-order valence-electron chi connectivity index (χ4n) is 3.24. The molecule has 0 saturated heterocycles. The highest BCUT2D eigenvalue weighted by Crippen LogP contribution is 2.20. The van der Waals surface area contributed by atoms with Gasteiger partial charge in [-0.3, -0.25) is 0 Å². The van der Waals surface area contributed by atoms with Crippen LogP contribution in [0.5, 0.6) is 5.75 Å². The molecule has 0 fully saturated rings. The molecular weight excluding hydrogens is 413 g/mol. The standard InChI is InChI=1S/C26H19F3N2O/c1-2-32-22-15-30-26(31-16-22)10-6-18-4-8-19(23(27)12-18)7-3-17-5-9-20-13-24(28)25(29)14-21(20)11-17/h4-5,8-9,11-16H,2,6,10H2,1H3. The van der Waals surface area contributed by atoms with Gasteiger partial charge in [0, 0.05) is 12.0 Å². The molecule has 0 atom stereocenters. The molecule has 1 aromatic heterocycles. The van der Waals surface area contributed by atoms with Crippen molar-refractivity contribution in [2.45, 2.75) is 19.8 Å². The molecule has 0 bridgehead atoms. The summed E-state index contributed by atoms with van der Waals surface area (Å²) in [6, 6.07) is 12.2. The van der Waals surface area contributed by atoms with Crippen molar-refractivity contribution in [3.05, 3.63) is 101 Å². The van der Waals surface area contributed by atoms with Crippen LogP contribution in [0.15, 0.2) is 60.9 Å². The van der Waals surface area contributed by atoms with Crippen LogP contribution in [0.25, 0.3) is 10.8 Å². The average Bonchev–Trinajstić information content (AvgIpc) is 2.79. The van der Waals surface area contributed by atoms with Gasteiger partial charge in [-0.2, -0.15) is 0 Å². The lowest BCUT2D eigenvalue weighted by molar-refractivity contribution is 0.337. The number of benzene rings is 3. The molecule has 0 amide bonds. The van der Waals surface area contributed by atoms with Crippen molar-refractivity contribution in [2.75, 3.05) is 6.61 Å². The Bertz CT molecular complexity index is 1320. The predicted molar refractivity (Wildman–Crippen MR) is 117 cm³/mol. The van der Waals surface area contributed by atoms with Crippen molar-refractivity contribution in [2.24, 2.45) is 0 Å². The van der Waals surface area contributed by atoms with Crippen LogP contribution in [0.1, 0.15) is 29.4 Å². The Hall–Kier alpha value is -3.85. The minimum Gasteiger partial charge on any atom is -0.491 e. The fraction of sp³-hybridized carbons (Fsp3) is 0.154. The molecule has 0 radical (unpaired) electrons. The number of aryl methyl sites for hydroxylation is 2. The van der Waals surface area contributed by atoms with Gasteiger partial charge in [-0.15, -0.1) is 0 Å². The van der Waals surface area contributed by atoms with Crippen LogP contribution in [0.2, 0.25) is 0 Å². The van der Waals surface area contributed by atoms with Crippen LogP contribution in [0.3, 0.4) is 0 Å². The smallest absolute Gasteiger partial charge is 0.159 e. The van der Waals surface area contributed by atoms with Gasteiger partial charge in [0.1, 0.15) is 11.6 Å². The van der Waals surface area contributed by atoms with Crippen molar-refractivity contribution in [3.63, 3.8) is 0 Å². The summed E-state index contributed by atoms with van der Waals surface area (Å²) in [5.41, 5.74) is 1.66. The van der Waals surface area contributed by atoms with Crippen molar-refractivity contribution < 1.29 is 17.9 Å². The van der Waals surface area contributed by atoms with Crippen molar-refractivity contribution in [1.82, 2.24) is 9.97 Å². The van der Waals surface area contributed by atoms with E-state index in [1.807, 2.05) is 13.0 Å². The molecule has 3 nitrogen and oxygen atoms in total. The van der Waals surface area contributed by atoms with Crippen LogP contribution in [-0.4, -0.2) is 16.6 Å². The quantitative estimate of drug-likeness (QED) is 0.384. The molecule has 0 N–H and O–H groups in total. The maximum absolute atomic E-state index is 14.5. The van der Waals surface area contributed by atoms with E-state index in [0.29, 0.717) is 47.4 Å². The van der Waals surface area contributed by atoms with Gasteiger partial charge in [0.05, 0.1) is 24.6 Å². The molecule has 0 aliphatic heterocycles. The molecule has 0 spiro atoms. The lowest BCUT2D eigenvalue weighted by Crippen LogP contribution is -2.00. The van der Waals surface area contributed by atoms with E-state index in [4.69, 9.17) is 4.74 Å². The summed E-state index contributed by atoms with van der Waals surface area (Å²) in [5.74, 6) is 4.74. The SMILES string of the molecule is CCOc1cnc(CCc2ccc(C#Cc3ccc4cc(F)c(F)cc4c3)c(F)c2)nc1. The van der Waals surface area contributed by atoms with E-state index in [1.165, 1.54) is 6.07 Å². The maximum Gasteiger partial charge on any atom is 0.159 e. The molecule has 0 unspecified atom stereocenters. The van der Waals surface area contributed by atoms with E-state index < -0.39 is 17.5 Å². The van der Waals surface area contributed by atoms with E-state index in [-0.39, 0.29) is 5.56 Å². The van der Waals surface area contributed by atoms with Gasteiger partial charge in [-0.25, -0.2) is 23.1 Å². The summed E-state index contributed by atoms with van der Waals surface area (Å²) in [6.45, 7) is 2.44. The molecule has 160 valence electrons. The number of rotatable bonds is 5. The Morgan fingerprint density at radius 3 is 2.25 bits per heavy atom. The van der Waals surface area contributed by atoms with Gasteiger partial charge in [-0.05, 0) is 66.1 Å². The summed E-state index contributed by atoms with van der Waals surface area (Å²) >= 11 is 0. The van der Waals surface area contributed by atoms with Gasteiger partial charge in [0.15, 0.2) is 17.4 Å². The maximum atomic E-state index is 14.5. The zero-order chi connectivity index (χ0) is 22.5. The Balaban J connectivity index is 1.45. The van der Waals surface area contributed by atoms with Gasteiger partial charge in [0.2, 0.25) is 0 Å². The fourth-order valence-corrected chi connectivity index (χ4v) is 3.24. The highest BCUT2D eigenvalue weighted by Gasteiger charge is 2.06. The summed E-state index contributed by atoms with van der Waals surface area (Å²) in [5, 5.41) is 1.10. The van der Waals surface area contributed by atoms with Crippen molar-refractivity contribution >= 4 is 10.8 Å². The second-order valence-corrected chi connectivity index (χ2v) is 7.16. The highest BCUT2D eigenvalue weighted by molar-refractivity contribution is 5.84. The average molecular weight is 432 g/mol. The molecule has 0 aliphatic rings.